The van der Waals surface area contributed by atoms with Crippen LogP contribution in [0.25, 0.3) is 0 Å². The quantitative estimate of drug-likeness (QED) is 0.569. The third kappa shape index (κ3) is 6.02. The molecule has 0 saturated carbocycles. The van der Waals surface area contributed by atoms with E-state index < -0.39 is 6.09 Å². The lowest BCUT2D eigenvalue weighted by molar-refractivity contribution is 0.187. The molecule has 23 heavy (non-hydrogen) atoms. The topological polar surface area (TPSA) is 74.8 Å². The lowest BCUT2D eigenvalue weighted by atomic mass is 10.2. The highest BCUT2D eigenvalue weighted by Gasteiger charge is 2.15. The molecule has 7 heteroatoms. The molecule has 0 aliphatic carbocycles. The summed E-state index contributed by atoms with van der Waals surface area (Å²) in [6, 6.07) is 7.61. The number of hydrogen-bond donors (Lipinski definition) is 3. The van der Waals surface area contributed by atoms with E-state index in [0.29, 0.717) is 17.5 Å². The second-order valence-electron chi connectivity index (χ2n) is 5.26. The summed E-state index contributed by atoms with van der Waals surface area (Å²) in [6.07, 6.45) is 2.13. The van der Waals surface area contributed by atoms with Gasteiger partial charge in [0.05, 0.1) is 7.11 Å². The van der Waals surface area contributed by atoms with Crippen LogP contribution in [0.5, 0.6) is 0 Å². The minimum Gasteiger partial charge on any atom is -0.453 e. The lowest BCUT2D eigenvalue weighted by Crippen LogP contribution is -2.39. The maximum Gasteiger partial charge on any atom is 0.411 e. The number of amides is 1. The van der Waals surface area contributed by atoms with Gasteiger partial charge in [-0.1, -0.05) is 12.1 Å². The number of anilines is 1. The molecular formula is C16H24N4O2S. The van der Waals surface area contributed by atoms with Crippen molar-refractivity contribution < 1.29 is 9.53 Å². The van der Waals surface area contributed by atoms with Crippen molar-refractivity contribution in [3.8, 4) is 0 Å². The Morgan fingerprint density at radius 3 is 2.74 bits per heavy atom. The van der Waals surface area contributed by atoms with Crippen LogP contribution in [0.1, 0.15) is 18.4 Å². The van der Waals surface area contributed by atoms with Crippen LogP contribution in [0.2, 0.25) is 0 Å². The van der Waals surface area contributed by atoms with E-state index in [0.717, 1.165) is 18.1 Å². The van der Waals surface area contributed by atoms with Crippen molar-refractivity contribution in [3.63, 3.8) is 0 Å². The molecule has 1 atom stereocenters. The number of carbonyl (C=O) groups excluding carboxylic acids is 1. The van der Waals surface area contributed by atoms with Gasteiger partial charge in [0, 0.05) is 31.1 Å². The molecule has 0 spiro atoms. The van der Waals surface area contributed by atoms with Crippen LogP contribution >= 0.6 is 11.8 Å². The van der Waals surface area contributed by atoms with Crippen molar-refractivity contribution in [1.82, 2.24) is 10.6 Å². The molecule has 1 aliphatic heterocycles. The highest BCUT2D eigenvalue weighted by Crippen LogP contribution is 2.25. The molecule has 6 nitrogen and oxygen atoms in total. The van der Waals surface area contributed by atoms with Gasteiger partial charge in [-0.2, -0.15) is 11.8 Å². The largest absolute Gasteiger partial charge is 0.453 e. The number of rotatable bonds is 5. The molecule has 0 radical (unpaired) electrons. The van der Waals surface area contributed by atoms with Crippen LogP contribution < -0.4 is 16.0 Å². The van der Waals surface area contributed by atoms with Gasteiger partial charge in [-0.05, 0) is 36.3 Å². The van der Waals surface area contributed by atoms with Crippen LogP contribution in [0.4, 0.5) is 10.5 Å². The Bertz CT molecular complexity index is 527. The van der Waals surface area contributed by atoms with E-state index in [2.05, 4.69) is 25.7 Å². The fraction of sp³-hybridized carbons (Fsp3) is 0.500. The second-order valence-corrected chi connectivity index (χ2v) is 6.66. The molecule has 1 saturated heterocycles. The Morgan fingerprint density at radius 2 is 2.13 bits per heavy atom. The van der Waals surface area contributed by atoms with Gasteiger partial charge < -0.3 is 15.4 Å². The number of benzene rings is 1. The van der Waals surface area contributed by atoms with Gasteiger partial charge in [0.15, 0.2) is 5.96 Å². The molecule has 1 fully saturated rings. The molecule has 1 unspecified atom stereocenters. The molecule has 2 rings (SSSR count). The van der Waals surface area contributed by atoms with Gasteiger partial charge in [-0.25, -0.2) is 4.79 Å². The van der Waals surface area contributed by atoms with Gasteiger partial charge in [-0.3, -0.25) is 10.3 Å². The second kappa shape index (κ2) is 9.29. The van der Waals surface area contributed by atoms with Crippen LogP contribution in [0.3, 0.4) is 0 Å². The molecule has 1 heterocycles. The number of hydrogen-bond acceptors (Lipinski definition) is 4. The first-order valence-electron chi connectivity index (χ1n) is 7.71. The number of carbonyl (C=O) groups is 1. The Morgan fingerprint density at radius 1 is 1.35 bits per heavy atom. The Kier molecular flexibility index (Phi) is 7.06. The van der Waals surface area contributed by atoms with Crippen molar-refractivity contribution in [2.24, 2.45) is 4.99 Å². The Labute approximate surface area is 141 Å². The van der Waals surface area contributed by atoms with Crippen LogP contribution in [0.15, 0.2) is 29.3 Å². The molecule has 0 aromatic heterocycles. The Hall–Kier alpha value is -1.89. The van der Waals surface area contributed by atoms with Crippen LogP contribution in [-0.2, 0) is 11.3 Å². The minimum atomic E-state index is -0.467. The number of nitrogens with one attached hydrogen (secondary N) is 3. The summed E-state index contributed by atoms with van der Waals surface area (Å²) in [5, 5.41) is 9.99. The first kappa shape index (κ1) is 17.5. The van der Waals surface area contributed by atoms with Crippen molar-refractivity contribution in [3.05, 3.63) is 29.8 Å². The SMILES string of the molecule is CN=C(NCc1ccc(NC(=O)OC)cc1)NCC1CCCS1. The zero-order valence-corrected chi connectivity index (χ0v) is 14.4. The fourth-order valence-corrected chi connectivity index (χ4v) is 3.50. The third-order valence-electron chi connectivity index (χ3n) is 3.59. The monoisotopic (exact) mass is 336 g/mol. The Balaban J connectivity index is 1.75. The molecule has 1 amide bonds. The van der Waals surface area contributed by atoms with Crippen LogP contribution in [0, 0.1) is 0 Å². The van der Waals surface area contributed by atoms with Crippen LogP contribution in [-0.4, -0.2) is 43.8 Å². The molecule has 1 aromatic carbocycles. The zero-order valence-electron chi connectivity index (χ0n) is 13.6. The zero-order chi connectivity index (χ0) is 16.5. The highest BCUT2D eigenvalue weighted by atomic mass is 32.2. The first-order valence-corrected chi connectivity index (χ1v) is 8.76. The summed E-state index contributed by atoms with van der Waals surface area (Å²) in [7, 11) is 3.12. The van der Waals surface area contributed by atoms with Gasteiger partial charge in [0.25, 0.3) is 0 Å². The van der Waals surface area contributed by atoms with E-state index in [1.54, 1.807) is 7.05 Å². The number of ether oxygens (including phenoxy) is 1. The van der Waals surface area contributed by atoms with E-state index in [4.69, 9.17) is 0 Å². The number of guanidine groups is 1. The van der Waals surface area contributed by atoms with E-state index in [1.165, 1.54) is 25.7 Å². The lowest BCUT2D eigenvalue weighted by Gasteiger charge is -2.15. The summed E-state index contributed by atoms with van der Waals surface area (Å²) in [5.41, 5.74) is 1.82. The molecule has 126 valence electrons. The standard InChI is InChI=1S/C16H24N4O2S/c1-17-15(19-11-14-4-3-9-23-14)18-10-12-5-7-13(8-6-12)20-16(21)22-2/h5-8,14H,3-4,9-11H2,1-2H3,(H,20,21)(H2,17,18,19). The predicted octanol–water partition coefficient (Wildman–Crippen LogP) is 2.43. The number of thioether (sulfide) groups is 1. The molecule has 0 bridgehead atoms. The smallest absolute Gasteiger partial charge is 0.411 e. The number of aliphatic imine (C=N–C) groups is 1. The molecule has 1 aliphatic rings. The van der Waals surface area contributed by atoms with E-state index >= 15 is 0 Å². The van der Waals surface area contributed by atoms with Crippen molar-refractivity contribution in [2.75, 3.05) is 31.8 Å². The molecule has 3 N–H and O–H groups in total. The summed E-state index contributed by atoms with van der Waals surface area (Å²) >= 11 is 2.03. The van der Waals surface area contributed by atoms with Gasteiger partial charge >= 0.3 is 6.09 Å². The van der Waals surface area contributed by atoms with E-state index in [1.807, 2.05) is 36.0 Å². The summed E-state index contributed by atoms with van der Waals surface area (Å²) in [6.45, 7) is 1.63. The normalized spacial score (nSPS) is 17.7. The number of nitrogens with zero attached hydrogens (tertiary/aromatic N) is 1. The minimum absolute atomic E-state index is 0.467. The fourth-order valence-electron chi connectivity index (χ4n) is 2.30. The summed E-state index contributed by atoms with van der Waals surface area (Å²) in [5.74, 6) is 2.08. The maximum absolute atomic E-state index is 11.1. The summed E-state index contributed by atoms with van der Waals surface area (Å²) in [4.78, 5) is 15.4. The van der Waals surface area contributed by atoms with Crippen molar-refractivity contribution >= 4 is 29.5 Å². The average molecular weight is 336 g/mol. The van der Waals surface area contributed by atoms with Crippen molar-refractivity contribution in [1.29, 1.82) is 0 Å². The van der Waals surface area contributed by atoms with Gasteiger partial charge in [-0.15, -0.1) is 0 Å². The van der Waals surface area contributed by atoms with E-state index in [9.17, 15) is 4.79 Å². The number of methoxy groups -OCH3 is 1. The van der Waals surface area contributed by atoms with Crippen molar-refractivity contribution in [2.45, 2.75) is 24.6 Å². The molecule has 1 aromatic rings. The average Bonchev–Trinajstić information content (AvgIpc) is 3.09. The van der Waals surface area contributed by atoms with E-state index in [-0.39, 0.29) is 0 Å². The first-order chi connectivity index (χ1) is 11.2. The maximum atomic E-state index is 11.1. The third-order valence-corrected chi connectivity index (χ3v) is 4.99. The predicted molar refractivity (Wildman–Crippen MR) is 96.2 cm³/mol. The van der Waals surface area contributed by atoms with Gasteiger partial charge in [0.1, 0.15) is 0 Å². The highest BCUT2D eigenvalue weighted by molar-refractivity contribution is 8.00. The summed E-state index contributed by atoms with van der Waals surface area (Å²) < 4.78 is 4.56. The van der Waals surface area contributed by atoms with Gasteiger partial charge in [0.2, 0.25) is 0 Å². The molecular weight excluding hydrogens is 312 g/mol.